The highest BCUT2D eigenvalue weighted by Crippen LogP contribution is 2.18. The Bertz CT molecular complexity index is 649. The van der Waals surface area contributed by atoms with Gasteiger partial charge >= 0.3 is 0 Å². The van der Waals surface area contributed by atoms with E-state index in [1.54, 1.807) is 22.7 Å². The number of hydrogen-bond donors (Lipinski definition) is 2. The molecule has 0 saturated carbocycles. The maximum Gasteiger partial charge on any atom is 0.211 e. The largest absolute Gasteiger partial charge is 0.356 e. The Labute approximate surface area is 148 Å². The van der Waals surface area contributed by atoms with Gasteiger partial charge < -0.3 is 10.6 Å². The molecule has 1 aromatic heterocycles. The number of guanidine groups is 1. The molecule has 1 aliphatic heterocycles. The normalized spacial score (nSPS) is 17.9. The maximum absolute atomic E-state index is 11.5. The van der Waals surface area contributed by atoms with Crippen LogP contribution < -0.4 is 10.6 Å². The molecule has 1 saturated heterocycles. The lowest BCUT2D eigenvalue weighted by molar-refractivity contribution is 0.275. The lowest BCUT2D eigenvalue weighted by Crippen LogP contribution is -2.44. The second kappa shape index (κ2) is 8.77. The summed E-state index contributed by atoms with van der Waals surface area (Å²) in [5.41, 5.74) is 0. The van der Waals surface area contributed by atoms with Crippen LogP contribution in [0.3, 0.4) is 0 Å². The van der Waals surface area contributed by atoms with Crippen LogP contribution in [0.4, 0.5) is 0 Å². The third-order valence-electron chi connectivity index (χ3n) is 4.12. The smallest absolute Gasteiger partial charge is 0.211 e. The summed E-state index contributed by atoms with van der Waals surface area (Å²) in [5, 5.41) is 7.77. The van der Waals surface area contributed by atoms with Gasteiger partial charge in [0.1, 0.15) is 0 Å². The van der Waals surface area contributed by atoms with Gasteiger partial charge in [-0.2, -0.15) is 0 Å². The van der Waals surface area contributed by atoms with Crippen molar-refractivity contribution in [3.05, 3.63) is 16.1 Å². The molecule has 2 N–H and O–H groups in total. The summed E-state index contributed by atoms with van der Waals surface area (Å²) < 4.78 is 24.6. The van der Waals surface area contributed by atoms with E-state index in [9.17, 15) is 8.42 Å². The Balaban J connectivity index is 1.67. The molecule has 0 aromatic carbocycles. The quantitative estimate of drug-likeness (QED) is 0.570. The first-order chi connectivity index (χ1) is 11.4. The lowest BCUT2D eigenvalue weighted by Gasteiger charge is -2.30. The summed E-state index contributed by atoms with van der Waals surface area (Å²) >= 11 is 1.72. The van der Waals surface area contributed by atoms with Gasteiger partial charge in [-0.25, -0.2) is 17.7 Å². The predicted molar refractivity (Wildman–Crippen MR) is 99.1 cm³/mol. The zero-order valence-electron chi connectivity index (χ0n) is 14.6. The summed E-state index contributed by atoms with van der Waals surface area (Å²) in [6.07, 6.45) is 5.83. The van der Waals surface area contributed by atoms with Gasteiger partial charge in [-0.1, -0.05) is 0 Å². The Kier molecular flexibility index (Phi) is 7.00. The molecule has 0 bridgehead atoms. The molecular formula is C15H27N5O2S2. The first-order valence-electron chi connectivity index (χ1n) is 8.19. The Morgan fingerprint density at radius 2 is 2.12 bits per heavy atom. The van der Waals surface area contributed by atoms with Gasteiger partial charge in [0, 0.05) is 50.7 Å². The minimum atomic E-state index is -3.05. The number of rotatable bonds is 6. The van der Waals surface area contributed by atoms with Crippen molar-refractivity contribution in [3.63, 3.8) is 0 Å². The van der Waals surface area contributed by atoms with Crippen LogP contribution in [0.5, 0.6) is 0 Å². The van der Waals surface area contributed by atoms with Crippen molar-refractivity contribution in [3.8, 4) is 0 Å². The molecule has 1 aromatic rings. The van der Waals surface area contributed by atoms with Gasteiger partial charge in [0.2, 0.25) is 10.0 Å². The molecule has 0 unspecified atom stereocenters. The van der Waals surface area contributed by atoms with E-state index in [1.807, 2.05) is 6.20 Å². The topological polar surface area (TPSA) is 86.7 Å². The Morgan fingerprint density at radius 1 is 1.42 bits per heavy atom. The molecule has 9 heteroatoms. The summed E-state index contributed by atoms with van der Waals surface area (Å²) in [4.78, 5) is 9.81. The van der Waals surface area contributed by atoms with E-state index in [0.29, 0.717) is 19.0 Å². The standard InChI is InChI=1S/C15H27N5O2S2/c1-12-10-18-14(23-12)4-7-17-15(16-2)19-11-13-5-8-20(9-6-13)24(3,21)22/h10,13H,4-9,11H2,1-3H3,(H2,16,17,19). The fraction of sp³-hybridized carbons (Fsp3) is 0.733. The second-order valence-electron chi connectivity index (χ2n) is 6.10. The van der Waals surface area contributed by atoms with Gasteiger partial charge in [0.25, 0.3) is 0 Å². The average molecular weight is 374 g/mol. The molecule has 0 radical (unpaired) electrons. The number of hydrogen-bond acceptors (Lipinski definition) is 5. The van der Waals surface area contributed by atoms with Crippen molar-refractivity contribution < 1.29 is 8.42 Å². The van der Waals surface area contributed by atoms with E-state index >= 15 is 0 Å². The Morgan fingerprint density at radius 3 is 2.67 bits per heavy atom. The van der Waals surface area contributed by atoms with E-state index in [0.717, 1.165) is 43.3 Å². The number of sulfonamides is 1. The van der Waals surface area contributed by atoms with Crippen molar-refractivity contribution in [1.29, 1.82) is 0 Å². The van der Waals surface area contributed by atoms with Crippen LogP contribution in [0.1, 0.15) is 22.7 Å². The maximum atomic E-state index is 11.5. The molecule has 24 heavy (non-hydrogen) atoms. The van der Waals surface area contributed by atoms with Crippen molar-refractivity contribution in [2.75, 3.05) is 39.5 Å². The Hall–Kier alpha value is -1.19. The molecule has 0 atom stereocenters. The summed E-state index contributed by atoms with van der Waals surface area (Å²) in [6.45, 7) is 4.89. The SMILES string of the molecule is CN=C(NCCc1ncc(C)s1)NCC1CCN(S(C)(=O)=O)CC1. The number of nitrogens with zero attached hydrogens (tertiary/aromatic N) is 3. The van der Waals surface area contributed by atoms with Gasteiger partial charge in [0.15, 0.2) is 5.96 Å². The number of aliphatic imine (C=N–C) groups is 1. The second-order valence-corrected chi connectivity index (χ2v) is 9.40. The minimum Gasteiger partial charge on any atom is -0.356 e. The van der Waals surface area contributed by atoms with Crippen molar-refractivity contribution in [2.45, 2.75) is 26.2 Å². The van der Waals surface area contributed by atoms with E-state index in [1.165, 1.54) is 11.1 Å². The number of aromatic nitrogens is 1. The third-order valence-corrected chi connectivity index (χ3v) is 6.40. The highest BCUT2D eigenvalue weighted by Gasteiger charge is 2.24. The predicted octanol–water partition coefficient (Wildman–Crippen LogP) is 0.831. The van der Waals surface area contributed by atoms with Crippen LogP contribution in [0.15, 0.2) is 11.2 Å². The molecule has 136 valence electrons. The van der Waals surface area contributed by atoms with Gasteiger partial charge in [-0.05, 0) is 25.7 Å². The van der Waals surface area contributed by atoms with E-state index < -0.39 is 10.0 Å². The summed E-state index contributed by atoms with van der Waals surface area (Å²) in [5.74, 6) is 1.26. The van der Waals surface area contributed by atoms with Crippen molar-refractivity contribution >= 4 is 27.3 Å². The molecule has 0 spiro atoms. The minimum absolute atomic E-state index is 0.475. The van der Waals surface area contributed by atoms with E-state index in [4.69, 9.17) is 0 Å². The van der Waals surface area contributed by atoms with Gasteiger partial charge in [-0.15, -0.1) is 11.3 Å². The fourth-order valence-corrected chi connectivity index (χ4v) is 4.37. The average Bonchev–Trinajstić information content (AvgIpc) is 2.95. The summed E-state index contributed by atoms with van der Waals surface area (Å²) in [7, 11) is -1.29. The molecule has 2 rings (SSSR count). The molecular weight excluding hydrogens is 346 g/mol. The van der Waals surface area contributed by atoms with E-state index in [2.05, 4.69) is 27.5 Å². The third kappa shape index (κ3) is 6.03. The van der Waals surface area contributed by atoms with Gasteiger partial charge in [0.05, 0.1) is 11.3 Å². The highest BCUT2D eigenvalue weighted by molar-refractivity contribution is 7.88. The van der Waals surface area contributed by atoms with E-state index in [-0.39, 0.29) is 0 Å². The van der Waals surface area contributed by atoms with Crippen molar-refractivity contribution in [1.82, 2.24) is 19.9 Å². The first kappa shape index (κ1) is 19.1. The zero-order valence-corrected chi connectivity index (χ0v) is 16.2. The van der Waals surface area contributed by atoms with Crippen LogP contribution in [0.25, 0.3) is 0 Å². The van der Waals surface area contributed by atoms with Gasteiger partial charge in [-0.3, -0.25) is 4.99 Å². The first-order valence-corrected chi connectivity index (χ1v) is 10.9. The molecule has 0 aliphatic carbocycles. The van der Waals surface area contributed by atoms with Crippen LogP contribution in [0.2, 0.25) is 0 Å². The number of thiazole rings is 1. The number of piperidine rings is 1. The molecule has 7 nitrogen and oxygen atoms in total. The molecule has 1 aliphatic rings. The highest BCUT2D eigenvalue weighted by atomic mass is 32.2. The molecule has 1 fully saturated rings. The summed E-state index contributed by atoms with van der Waals surface area (Å²) in [6, 6.07) is 0. The zero-order chi connectivity index (χ0) is 17.6. The van der Waals surface area contributed by atoms with Crippen LogP contribution in [0, 0.1) is 12.8 Å². The lowest BCUT2D eigenvalue weighted by atomic mass is 9.98. The van der Waals surface area contributed by atoms with Crippen LogP contribution in [-0.2, 0) is 16.4 Å². The number of nitrogens with one attached hydrogen (secondary N) is 2. The molecule has 0 amide bonds. The monoisotopic (exact) mass is 373 g/mol. The fourth-order valence-electron chi connectivity index (χ4n) is 2.71. The van der Waals surface area contributed by atoms with Crippen molar-refractivity contribution in [2.24, 2.45) is 10.9 Å². The van der Waals surface area contributed by atoms with Crippen LogP contribution in [-0.4, -0.2) is 63.1 Å². The number of aryl methyl sites for hydroxylation is 1. The van der Waals surface area contributed by atoms with Crippen LogP contribution >= 0.6 is 11.3 Å². The molecule has 2 heterocycles.